The van der Waals surface area contributed by atoms with Crippen LogP contribution in [0, 0.1) is 5.92 Å². The van der Waals surface area contributed by atoms with Crippen molar-refractivity contribution in [1.82, 2.24) is 25.4 Å². The van der Waals surface area contributed by atoms with Gasteiger partial charge >= 0.3 is 6.09 Å². The summed E-state index contributed by atoms with van der Waals surface area (Å²) < 4.78 is 7.62. The van der Waals surface area contributed by atoms with Crippen LogP contribution in [0.3, 0.4) is 0 Å². The van der Waals surface area contributed by atoms with Gasteiger partial charge in [-0.25, -0.2) is 4.79 Å². The number of aliphatic imine (C=N–C) groups is 1. The van der Waals surface area contributed by atoms with Crippen LogP contribution in [0.5, 0.6) is 0 Å². The van der Waals surface area contributed by atoms with E-state index in [1.165, 1.54) is 0 Å². The molecule has 2 unspecified atom stereocenters. The first-order valence-corrected chi connectivity index (χ1v) is 9.20. The van der Waals surface area contributed by atoms with E-state index < -0.39 is 12.0 Å². The lowest BCUT2D eigenvalue weighted by molar-refractivity contribution is -0.117. The number of amides is 2. The molecule has 1 saturated carbocycles. The number of primary amides is 1. The third-order valence-corrected chi connectivity index (χ3v) is 5.47. The van der Waals surface area contributed by atoms with E-state index in [0.29, 0.717) is 12.3 Å². The van der Waals surface area contributed by atoms with E-state index in [2.05, 4.69) is 43.4 Å². The van der Waals surface area contributed by atoms with Crippen LogP contribution in [0.15, 0.2) is 17.3 Å². The molecule has 4 rings (SSSR count). The molecule has 1 fully saturated rings. The molecule has 27 heavy (non-hydrogen) atoms. The van der Waals surface area contributed by atoms with E-state index in [-0.39, 0.29) is 30.8 Å². The summed E-state index contributed by atoms with van der Waals surface area (Å²) in [6.07, 6.45) is 7.23. The second kappa shape index (κ2) is 7.01. The Morgan fingerprint density at radius 1 is 1.41 bits per heavy atom. The Kier molecular flexibility index (Phi) is 4.54. The van der Waals surface area contributed by atoms with Crippen LogP contribution >= 0.6 is 0 Å². The molecule has 4 N–H and O–H groups in total. The van der Waals surface area contributed by atoms with Crippen LogP contribution in [0.25, 0.3) is 0 Å². The van der Waals surface area contributed by atoms with Gasteiger partial charge < -0.3 is 21.1 Å². The molecule has 0 spiro atoms. The highest BCUT2D eigenvalue weighted by molar-refractivity contribution is 5.80. The fraction of sp³-hybridized carbons (Fsp3) is 0.588. The third-order valence-electron chi connectivity index (χ3n) is 5.47. The Balaban J connectivity index is 1.50. The maximum Gasteiger partial charge on any atom is 0.407 e. The monoisotopic (exact) mass is 373 g/mol. The lowest BCUT2D eigenvalue weighted by Crippen LogP contribution is -2.35. The fourth-order valence-corrected chi connectivity index (χ4v) is 4.21. The van der Waals surface area contributed by atoms with Gasteiger partial charge in [-0.1, -0.05) is 13.3 Å². The summed E-state index contributed by atoms with van der Waals surface area (Å²) in [6, 6.07) is 0.0614. The Morgan fingerprint density at radius 3 is 3.04 bits per heavy atom. The van der Waals surface area contributed by atoms with E-state index in [1.807, 2.05) is 6.20 Å². The molecule has 1 aromatic heterocycles. The second-order valence-corrected chi connectivity index (χ2v) is 7.12. The van der Waals surface area contributed by atoms with Crippen molar-refractivity contribution in [2.75, 3.05) is 6.54 Å². The summed E-state index contributed by atoms with van der Waals surface area (Å²) in [5.74, 6) is 1.54. The van der Waals surface area contributed by atoms with Gasteiger partial charge in [0.15, 0.2) is 5.82 Å². The number of nitrogens with zero attached hydrogens (tertiary/aromatic N) is 4. The number of nitrogens with one attached hydrogen (secondary N) is 2. The van der Waals surface area contributed by atoms with E-state index in [9.17, 15) is 9.59 Å². The van der Waals surface area contributed by atoms with Crippen molar-refractivity contribution in [3.05, 3.63) is 23.9 Å². The highest BCUT2D eigenvalue weighted by Gasteiger charge is 2.41. The predicted octanol–water partition coefficient (Wildman–Crippen LogP) is 0.178. The zero-order valence-electron chi connectivity index (χ0n) is 15.0. The topological polar surface area (TPSA) is 137 Å². The largest absolute Gasteiger partial charge is 0.446 e. The van der Waals surface area contributed by atoms with Crippen molar-refractivity contribution in [3.8, 4) is 0 Å². The van der Waals surface area contributed by atoms with Gasteiger partial charge in [-0.15, -0.1) is 10.2 Å². The number of aromatic nitrogens is 3. The molecule has 2 aliphatic heterocycles. The Morgan fingerprint density at radius 2 is 2.26 bits per heavy atom. The van der Waals surface area contributed by atoms with Crippen LogP contribution in [-0.4, -0.2) is 51.8 Å². The summed E-state index contributed by atoms with van der Waals surface area (Å²) in [6.45, 7) is 1.90. The smallest absolute Gasteiger partial charge is 0.407 e. The molecule has 10 nitrogen and oxygen atoms in total. The van der Waals surface area contributed by atoms with Gasteiger partial charge in [0.2, 0.25) is 5.91 Å². The molecular weight excluding hydrogens is 350 g/mol. The standard InChI is InChI=1S/C17H23N7O3/c1-2-9-5-10(27-17(26)21-7-13(18)25)6-11(9)16-23-22-14-8-20-15-12(24(14)16)3-4-19-15/h3-4,8-12,15,19H,2,5-7H2,1H3,(H2,18,25)(H,21,26)/t9-,10-,11+,12?,15?/m1/s1. The molecule has 144 valence electrons. The summed E-state index contributed by atoms with van der Waals surface area (Å²) in [5.41, 5.74) is 5.04. The number of carbonyl (C=O) groups excluding carboxylic acids is 2. The van der Waals surface area contributed by atoms with Crippen LogP contribution in [0.2, 0.25) is 0 Å². The van der Waals surface area contributed by atoms with E-state index in [4.69, 9.17) is 10.5 Å². The molecule has 0 radical (unpaired) electrons. The van der Waals surface area contributed by atoms with Crippen molar-refractivity contribution in [3.63, 3.8) is 0 Å². The SMILES string of the molecule is CC[C@@H]1C[C@@H](OC(=O)NCC(N)=O)C[C@@H]1c1nnc2n1C1C=CNC1N=C2. The number of hydrogen-bond acceptors (Lipinski definition) is 7. The number of carbonyl (C=O) groups is 2. The number of hydrogen-bond donors (Lipinski definition) is 3. The molecule has 3 heterocycles. The quantitative estimate of drug-likeness (QED) is 0.673. The van der Waals surface area contributed by atoms with E-state index in [1.54, 1.807) is 6.21 Å². The molecule has 0 bridgehead atoms. The number of nitrogens with two attached hydrogens (primary N) is 1. The average Bonchev–Trinajstić information content (AvgIpc) is 3.35. The minimum absolute atomic E-state index is 0.0274. The van der Waals surface area contributed by atoms with Crippen molar-refractivity contribution in [2.45, 2.75) is 50.4 Å². The lowest BCUT2D eigenvalue weighted by atomic mass is 9.92. The maximum atomic E-state index is 11.9. The van der Waals surface area contributed by atoms with Crippen molar-refractivity contribution in [1.29, 1.82) is 0 Å². The zero-order valence-corrected chi connectivity index (χ0v) is 15.0. The summed E-state index contributed by atoms with van der Waals surface area (Å²) >= 11 is 0. The third kappa shape index (κ3) is 3.26. The first-order chi connectivity index (χ1) is 13.1. The van der Waals surface area contributed by atoms with Gasteiger partial charge in [-0.2, -0.15) is 0 Å². The minimum atomic E-state index is -0.618. The van der Waals surface area contributed by atoms with Crippen LogP contribution < -0.4 is 16.4 Å². The molecule has 0 aromatic carbocycles. The minimum Gasteiger partial charge on any atom is -0.446 e. The van der Waals surface area contributed by atoms with Gasteiger partial charge in [-0.05, 0) is 31.0 Å². The van der Waals surface area contributed by atoms with Crippen LogP contribution in [0.4, 0.5) is 4.79 Å². The Hall–Kier alpha value is -2.91. The number of alkyl carbamates (subject to hydrolysis) is 1. The second-order valence-electron chi connectivity index (χ2n) is 7.12. The van der Waals surface area contributed by atoms with Gasteiger partial charge in [0, 0.05) is 5.92 Å². The first kappa shape index (κ1) is 17.5. The number of rotatable bonds is 5. The molecule has 1 aliphatic carbocycles. The Labute approximate surface area is 156 Å². The molecular formula is C17H23N7O3. The molecule has 2 amide bonds. The lowest BCUT2D eigenvalue weighted by Gasteiger charge is -2.26. The van der Waals surface area contributed by atoms with Crippen LogP contribution in [-0.2, 0) is 9.53 Å². The van der Waals surface area contributed by atoms with Gasteiger partial charge in [0.1, 0.15) is 18.1 Å². The normalized spacial score (nSPS) is 30.5. The van der Waals surface area contributed by atoms with Crippen molar-refractivity contribution >= 4 is 18.2 Å². The first-order valence-electron chi connectivity index (χ1n) is 9.20. The van der Waals surface area contributed by atoms with Crippen LogP contribution in [0.1, 0.15) is 49.8 Å². The molecule has 0 saturated heterocycles. The van der Waals surface area contributed by atoms with Crippen molar-refractivity contribution < 1.29 is 14.3 Å². The number of ether oxygens (including phenoxy) is 1. The van der Waals surface area contributed by atoms with Gasteiger partial charge in [0.05, 0.1) is 18.8 Å². The Bertz CT molecular complexity index is 802. The predicted molar refractivity (Wildman–Crippen MR) is 95.9 cm³/mol. The fourth-order valence-electron chi connectivity index (χ4n) is 4.21. The van der Waals surface area contributed by atoms with Gasteiger partial charge in [0.25, 0.3) is 0 Å². The van der Waals surface area contributed by atoms with Gasteiger partial charge in [-0.3, -0.25) is 14.4 Å². The highest BCUT2D eigenvalue weighted by atomic mass is 16.6. The molecule has 10 heteroatoms. The number of fused-ring (bicyclic) bond motifs is 3. The molecule has 1 aromatic rings. The van der Waals surface area contributed by atoms with E-state index >= 15 is 0 Å². The zero-order chi connectivity index (χ0) is 19.0. The summed E-state index contributed by atoms with van der Waals surface area (Å²) in [7, 11) is 0. The summed E-state index contributed by atoms with van der Waals surface area (Å²) in [4.78, 5) is 27.1. The van der Waals surface area contributed by atoms with E-state index in [0.717, 1.165) is 24.5 Å². The maximum absolute atomic E-state index is 11.9. The molecule has 5 atom stereocenters. The summed E-state index contributed by atoms with van der Waals surface area (Å²) in [5, 5.41) is 14.3. The average molecular weight is 373 g/mol. The molecule has 3 aliphatic rings. The highest BCUT2D eigenvalue weighted by Crippen LogP contribution is 2.43. The van der Waals surface area contributed by atoms with Crippen molar-refractivity contribution in [2.24, 2.45) is 16.6 Å².